The fourth-order valence-electron chi connectivity index (χ4n) is 3.77. The zero-order chi connectivity index (χ0) is 18.6. The number of aromatic hydroxyl groups is 1. The van der Waals surface area contributed by atoms with Crippen molar-refractivity contribution >= 4 is 16.6 Å². The van der Waals surface area contributed by atoms with E-state index in [4.69, 9.17) is 0 Å². The Morgan fingerprint density at radius 1 is 1.07 bits per heavy atom. The van der Waals surface area contributed by atoms with Crippen molar-refractivity contribution in [2.45, 2.75) is 18.9 Å². The molecule has 0 spiro atoms. The van der Waals surface area contributed by atoms with Crippen LogP contribution in [-0.4, -0.2) is 52.6 Å². The maximum atomic E-state index is 12.7. The van der Waals surface area contributed by atoms with E-state index in [1.54, 1.807) is 12.1 Å². The zero-order valence-electron chi connectivity index (χ0n) is 15.1. The van der Waals surface area contributed by atoms with Crippen LogP contribution in [0, 0.1) is 0 Å². The average molecular weight is 366 g/mol. The number of nitrogens with zero attached hydrogens (tertiary/aromatic N) is 3. The Hall–Kier alpha value is -2.73. The second-order valence-corrected chi connectivity index (χ2v) is 6.93. The fourth-order valence-corrected chi connectivity index (χ4v) is 3.77. The Morgan fingerprint density at radius 2 is 1.85 bits per heavy atom. The Kier molecular flexibility index (Phi) is 5.16. The van der Waals surface area contributed by atoms with E-state index in [9.17, 15) is 9.50 Å². The first-order chi connectivity index (χ1) is 13.3. The topological polar surface area (TPSA) is 61.3 Å². The number of rotatable bonds is 5. The predicted molar refractivity (Wildman–Crippen MR) is 106 cm³/mol. The summed E-state index contributed by atoms with van der Waals surface area (Å²) in [6.07, 6.45) is 2.07. The van der Waals surface area contributed by atoms with Crippen LogP contribution in [0.3, 0.4) is 0 Å². The minimum absolute atomic E-state index is 0.187. The van der Waals surface area contributed by atoms with E-state index in [2.05, 4.69) is 20.4 Å². The molecular formula is C21H23FN4O. The molecule has 0 saturated carbocycles. The SMILES string of the molecule is Oc1ccccc1-c1nnc(N[C@@H]2CCCN(CCF)C2)c2ccccc12. The standard InChI is InChI=1S/C21H23FN4O/c22-11-13-26-12-5-6-15(14-26)23-21-17-8-2-1-7-16(17)20(24-25-21)18-9-3-4-10-19(18)27/h1-4,7-10,15,27H,5-6,11-14H2,(H,23,25)/t15-/m1/s1. The molecule has 1 atom stereocenters. The number of para-hydroxylation sites is 1. The number of fused-ring (bicyclic) bond motifs is 1. The van der Waals surface area contributed by atoms with E-state index in [0.29, 0.717) is 17.8 Å². The largest absolute Gasteiger partial charge is 0.507 e. The van der Waals surface area contributed by atoms with Gasteiger partial charge < -0.3 is 10.4 Å². The highest BCUT2D eigenvalue weighted by atomic mass is 19.1. The van der Waals surface area contributed by atoms with Crippen molar-refractivity contribution in [1.29, 1.82) is 0 Å². The molecule has 0 radical (unpaired) electrons. The highest BCUT2D eigenvalue weighted by Gasteiger charge is 2.21. The monoisotopic (exact) mass is 366 g/mol. The molecule has 2 N–H and O–H groups in total. The minimum Gasteiger partial charge on any atom is -0.507 e. The Bertz CT molecular complexity index is 931. The van der Waals surface area contributed by atoms with Gasteiger partial charge in [-0.2, -0.15) is 0 Å². The van der Waals surface area contributed by atoms with E-state index in [0.717, 1.165) is 42.5 Å². The Balaban J connectivity index is 1.67. The smallest absolute Gasteiger partial charge is 0.156 e. The van der Waals surface area contributed by atoms with Crippen molar-refractivity contribution in [3.8, 4) is 17.0 Å². The molecule has 0 amide bonds. The normalized spacial score (nSPS) is 17.9. The van der Waals surface area contributed by atoms with Crippen LogP contribution in [0.2, 0.25) is 0 Å². The summed E-state index contributed by atoms with van der Waals surface area (Å²) in [7, 11) is 0. The first-order valence-corrected chi connectivity index (χ1v) is 9.35. The average Bonchev–Trinajstić information content (AvgIpc) is 2.70. The van der Waals surface area contributed by atoms with Crippen molar-refractivity contribution in [3.63, 3.8) is 0 Å². The highest BCUT2D eigenvalue weighted by Crippen LogP contribution is 2.34. The van der Waals surface area contributed by atoms with Gasteiger partial charge in [0.1, 0.15) is 18.1 Å². The van der Waals surface area contributed by atoms with E-state index >= 15 is 0 Å². The lowest BCUT2D eigenvalue weighted by Crippen LogP contribution is -2.43. The van der Waals surface area contributed by atoms with Crippen LogP contribution >= 0.6 is 0 Å². The lowest BCUT2D eigenvalue weighted by molar-refractivity contribution is 0.200. The molecule has 1 aliphatic rings. The summed E-state index contributed by atoms with van der Waals surface area (Å²) < 4.78 is 12.7. The highest BCUT2D eigenvalue weighted by molar-refractivity contribution is 6.00. The molecule has 1 aromatic heterocycles. The van der Waals surface area contributed by atoms with Gasteiger partial charge in [-0.05, 0) is 31.5 Å². The molecule has 4 rings (SSSR count). The molecule has 0 aliphatic carbocycles. The van der Waals surface area contributed by atoms with Crippen LogP contribution in [0.25, 0.3) is 22.0 Å². The van der Waals surface area contributed by atoms with Gasteiger partial charge in [0.05, 0.1) is 0 Å². The predicted octanol–water partition coefficient (Wildman–Crippen LogP) is 3.85. The Labute approximate surface area is 157 Å². The molecule has 2 heterocycles. The Morgan fingerprint density at radius 3 is 2.67 bits per heavy atom. The summed E-state index contributed by atoms with van der Waals surface area (Å²) in [6.45, 7) is 1.92. The molecular weight excluding hydrogens is 343 g/mol. The number of piperidine rings is 1. The number of nitrogens with one attached hydrogen (secondary N) is 1. The second-order valence-electron chi connectivity index (χ2n) is 6.93. The number of anilines is 1. The van der Waals surface area contributed by atoms with Gasteiger partial charge in [-0.3, -0.25) is 4.90 Å². The third-order valence-corrected chi connectivity index (χ3v) is 5.09. The summed E-state index contributed by atoms with van der Waals surface area (Å²) in [6, 6.07) is 15.3. The lowest BCUT2D eigenvalue weighted by atomic mass is 10.0. The quantitative estimate of drug-likeness (QED) is 0.718. The number of benzene rings is 2. The lowest BCUT2D eigenvalue weighted by Gasteiger charge is -2.32. The van der Waals surface area contributed by atoms with Crippen molar-refractivity contribution < 1.29 is 9.50 Å². The first-order valence-electron chi connectivity index (χ1n) is 9.35. The summed E-state index contributed by atoms with van der Waals surface area (Å²) in [5.41, 5.74) is 1.33. The molecule has 140 valence electrons. The zero-order valence-corrected chi connectivity index (χ0v) is 15.1. The molecule has 2 aromatic carbocycles. The third kappa shape index (κ3) is 3.71. The number of aromatic nitrogens is 2. The van der Waals surface area contributed by atoms with Crippen LogP contribution in [0.1, 0.15) is 12.8 Å². The van der Waals surface area contributed by atoms with Crippen LogP contribution in [0.5, 0.6) is 5.75 Å². The molecule has 5 nitrogen and oxygen atoms in total. The summed E-state index contributed by atoms with van der Waals surface area (Å²) >= 11 is 0. The molecule has 27 heavy (non-hydrogen) atoms. The molecule has 6 heteroatoms. The van der Waals surface area contributed by atoms with Gasteiger partial charge >= 0.3 is 0 Å². The van der Waals surface area contributed by atoms with Gasteiger partial charge in [0, 0.05) is 35.5 Å². The first kappa shape index (κ1) is 17.7. The van der Waals surface area contributed by atoms with Gasteiger partial charge in [0.2, 0.25) is 0 Å². The van der Waals surface area contributed by atoms with E-state index in [1.807, 2.05) is 36.4 Å². The van der Waals surface area contributed by atoms with E-state index < -0.39 is 0 Å². The van der Waals surface area contributed by atoms with E-state index in [-0.39, 0.29) is 18.5 Å². The number of hydrogen-bond acceptors (Lipinski definition) is 5. The molecule has 3 aromatic rings. The number of likely N-dealkylation sites (tertiary alicyclic amines) is 1. The molecule has 0 bridgehead atoms. The van der Waals surface area contributed by atoms with E-state index in [1.165, 1.54) is 0 Å². The summed E-state index contributed by atoms with van der Waals surface area (Å²) in [5.74, 6) is 0.920. The van der Waals surface area contributed by atoms with Crippen LogP contribution in [0.15, 0.2) is 48.5 Å². The van der Waals surface area contributed by atoms with Gasteiger partial charge in [0.25, 0.3) is 0 Å². The summed E-state index contributed by atoms with van der Waals surface area (Å²) in [4.78, 5) is 2.15. The van der Waals surface area contributed by atoms with Gasteiger partial charge in [-0.25, -0.2) is 4.39 Å². The van der Waals surface area contributed by atoms with Gasteiger partial charge in [-0.15, -0.1) is 10.2 Å². The number of hydrogen-bond donors (Lipinski definition) is 2. The number of alkyl halides is 1. The molecule has 1 fully saturated rings. The molecule has 1 aliphatic heterocycles. The number of phenolic OH excluding ortho intramolecular Hbond substituents is 1. The van der Waals surface area contributed by atoms with Gasteiger partial charge in [0.15, 0.2) is 5.82 Å². The van der Waals surface area contributed by atoms with Crippen LogP contribution < -0.4 is 5.32 Å². The second kappa shape index (κ2) is 7.88. The maximum Gasteiger partial charge on any atom is 0.156 e. The van der Waals surface area contributed by atoms with Gasteiger partial charge in [-0.1, -0.05) is 36.4 Å². The number of halogens is 1. The fraction of sp³-hybridized carbons (Fsp3) is 0.333. The third-order valence-electron chi connectivity index (χ3n) is 5.09. The summed E-state index contributed by atoms with van der Waals surface area (Å²) in [5, 5.41) is 24.5. The molecule has 0 unspecified atom stereocenters. The number of phenols is 1. The maximum absolute atomic E-state index is 12.7. The minimum atomic E-state index is -0.315. The van der Waals surface area contributed by atoms with Crippen molar-refractivity contribution in [3.05, 3.63) is 48.5 Å². The van der Waals surface area contributed by atoms with Crippen molar-refractivity contribution in [1.82, 2.24) is 15.1 Å². The molecule has 1 saturated heterocycles. The van der Waals surface area contributed by atoms with Crippen LogP contribution in [0.4, 0.5) is 10.2 Å². The van der Waals surface area contributed by atoms with Crippen molar-refractivity contribution in [2.24, 2.45) is 0 Å². The van der Waals surface area contributed by atoms with Crippen molar-refractivity contribution in [2.75, 3.05) is 31.6 Å². The van der Waals surface area contributed by atoms with Crippen LogP contribution in [-0.2, 0) is 0 Å².